The maximum atomic E-state index is 11.9. The third-order valence-corrected chi connectivity index (χ3v) is 2.93. The summed E-state index contributed by atoms with van der Waals surface area (Å²) < 4.78 is 0. The number of ketones is 1. The zero-order chi connectivity index (χ0) is 14.4. The second-order valence-corrected chi connectivity index (χ2v) is 4.63. The fourth-order valence-electron chi connectivity index (χ4n) is 1.65. The van der Waals surface area contributed by atoms with Gasteiger partial charge in [0.1, 0.15) is 5.82 Å². The molecule has 102 valence electrons. The fourth-order valence-corrected chi connectivity index (χ4v) is 1.78. The highest BCUT2D eigenvalue weighted by Crippen LogP contribution is 2.12. The molecule has 0 aliphatic rings. The van der Waals surface area contributed by atoms with Crippen LogP contribution in [0.25, 0.3) is 0 Å². The second-order valence-electron chi connectivity index (χ2n) is 4.19. The Morgan fingerprint density at radius 2 is 1.80 bits per heavy atom. The van der Waals surface area contributed by atoms with Gasteiger partial charge in [-0.25, -0.2) is 4.98 Å². The van der Waals surface area contributed by atoms with Gasteiger partial charge in [0, 0.05) is 29.6 Å². The van der Waals surface area contributed by atoms with Crippen LogP contribution < -0.4 is 5.32 Å². The van der Waals surface area contributed by atoms with Gasteiger partial charge in [0.05, 0.1) is 0 Å². The summed E-state index contributed by atoms with van der Waals surface area (Å²) in [5.41, 5.74) is 0.556. The maximum absolute atomic E-state index is 11.9. The normalized spacial score (nSPS) is 10.1. The van der Waals surface area contributed by atoms with Crippen LogP contribution in [0.15, 0.2) is 48.7 Å². The number of Topliss-reactive ketones (excluding diaryl/α,β-unsaturated/α-hetero) is 1. The molecule has 1 N–H and O–H groups in total. The summed E-state index contributed by atoms with van der Waals surface area (Å²) >= 11 is 5.75. The van der Waals surface area contributed by atoms with Crippen molar-refractivity contribution in [1.29, 1.82) is 0 Å². The van der Waals surface area contributed by atoms with Crippen molar-refractivity contribution in [2.45, 2.75) is 12.8 Å². The summed E-state index contributed by atoms with van der Waals surface area (Å²) in [7, 11) is 0. The van der Waals surface area contributed by atoms with Crippen molar-refractivity contribution >= 4 is 29.1 Å². The molecule has 5 heteroatoms. The first-order valence-corrected chi connectivity index (χ1v) is 6.52. The summed E-state index contributed by atoms with van der Waals surface area (Å²) in [6, 6.07) is 11.9. The number of rotatable bonds is 5. The minimum Gasteiger partial charge on any atom is -0.311 e. The Hall–Kier alpha value is -2.20. The zero-order valence-electron chi connectivity index (χ0n) is 10.7. The topological polar surface area (TPSA) is 59.1 Å². The van der Waals surface area contributed by atoms with E-state index in [1.807, 2.05) is 0 Å². The van der Waals surface area contributed by atoms with E-state index in [4.69, 9.17) is 11.6 Å². The number of anilines is 1. The molecule has 1 aromatic heterocycles. The smallest absolute Gasteiger partial charge is 0.225 e. The van der Waals surface area contributed by atoms with E-state index in [1.54, 1.807) is 48.7 Å². The second kappa shape index (κ2) is 6.82. The predicted octanol–water partition coefficient (Wildman–Crippen LogP) is 3.34. The molecule has 2 aromatic rings. The monoisotopic (exact) mass is 288 g/mol. The average Bonchev–Trinajstić information content (AvgIpc) is 2.46. The Morgan fingerprint density at radius 3 is 2.45 bits per heavy atom. The highest BCUT2D eigenvalue weighted by Gasteiger charge is 2.09. The lowest BCUT2D eigenvalue weighted by molar-refractivity contribution is -0.116. The zero-order valence-corrected chi connectivity index (χ0v) is 11.4. The van der Waals surface area contributed by atoms with Gasteiger partial charge in [-0.2, -0.15) is 0 Å². The van der Waals surface area contributed by atoms with E-state index in [0.29, 0.717) is 16.4 Å². The summed E-state index contributed by atoms with van der Waals surface area (Å²) in [4.78, 5) is 27.5. The summed E-state index contributed by atoms with van der Waals surface area (Å²) in [5, 5.41) is 3.21. The van der Waals surface area contributed by atoms with Crippen LogP contribution in [0, 0.1) is 0 Å². The molecular formula is C15H13ClN2O2. The number of carbonyl (C=O) groups is 2. The third kappa shape index (κ3) is 4.17. The number of pyridine rings is 1. The lowest BCUT2D eigenvalue weighted by Crippen LogP contribution is -2.14. The van der Waals surface area contributed by atoms with Crippen molar-refractivity contribution in [3.8, 4) is 0 Å². The number of hydrogen-bond donors (Lipinski definition) is 1. The van der Waals surface area contributed by atoms with Gasteiger partial charge in [-0.15, -0.1) is 0 Å². The van der Waals surface area contributed by atoms with E-state index < -0.39 is 0 Å². The lowest BCUT2D eigenvalue weighted by atomic mass is 10.1. The van der Waals surface area contributed by atoms with Crippen molar-refractivity contribution in [2.75, 3.05) is 5.32 Å². The van der Waals surface area contributed by atoms with Crippen LogP contribution in [0.1, 0.15) is 23.2 Å². The third-order valence-electron chi connectivity index (χ3n) is 2.68. The lowest BCUT2D eigenvalue weighted by Gasteiger charge is -2.04. The molecule has 0 aliphatic carbocycles. The highest BCUT2D eigenvalue weighted by atomic mass is 35.5. The Bertz CT molecular complexity index is 597. The van der Waals surface area contributed by atoms with E-state index in [9.17, 15) is 9.59 Å². The van der Waals surface area contributed by atoms with Crippen molar-refractivity contribution < 1.29 is 9.59 Å². The first-order valence-electron chi connectivity index (χ1n) is 6.15. The Labute approximate surface area is 121 Å². The standard InChI is InChI=1S/C15H13ClN2O2/c16-12-6-4-11(5-7-12)13(19)8-9-15(20)18-14-3-1-2-10-17-14/h1-7,10H,8-9H2,(H,17,18,20). The number of benzene rings is 1. The largest absolute Gasteiger partial charge is 0.311 e. The van der Waals surface area contributed by atoms with Gasteiger partial charge in [0.2, 0.25) is 5.91 Å². The van der Waals surface area contributed by atoms with Crippen molar-refractivity contribution in [2.24, 2.45) is 0 Å². The van der Waals surface area contributed by atoms with Gasteiger partial charge in [-0.1, -0.05) is 17.7 Å². The number of nitrogens with zero attached hydrogens (tertiary/aromatic N) is 1. The van der Waals surface area contributed by atoms with Crippen LogP contribution in [0.3, 0.4) is 0 Å². The number of hydrogen-bond acceptors (Lipinski definition) is 3. The van der Waals surface area contributed by atoms with E-state index in [2.05, 4.69) is 10.3 Å². The van der Waals surface area contributed by atoms with Crippen LogP contribution >= 0.6 is 11.6 Å². The number of aromatic nitrogens is 1. The number of halogens is 1. The van der Waals surface area contributed by atoms with E-state index in [-0.39, 0.29) is 24.5 Å². The Kier molecular flexibility index (Phi) is 4.85. The molecule has 0 saturated carbocycles. The number of nitrogens with one attached hydrogen (secondary N) is 1. The molecule has 1 amide bonds. The van der Waals surface area contributed by atoms with Crippen LogP contribution in [0.2, 0.25) is 5.02 Å². The molecule has 0 atom stereocenters. The van der Waals surface area contributed by atoms with Gasteiger partial charge < -0.3 is 5.32 Å². The van der Waals surface area contributed by atoms with E-state index in [1.165, 1.54) is 0 Å². The van der Waals surface area contributed by atoms with E-state index in [0.717, 1.165) is 0 Å². The Balaban J connectivity index is 1.84. The highest BCUT2D eigenvalue weighted by molar-refractivity contribution is 6.30. The molecule has 0 saturated heterocycles. The molecule has 0 bridgehead atoms. The molecule has 20 heavy (non-hydrogen) atoms. The number of carbonyl (C=O) groups excluding carboxylic acids is 2. The summed E-state index contributed by atoms with van der Waals surface area (Å²) in [5.74, 6) is 0.167. The summed E-state index contributed by atoms with van der Waals surface area (Å²) in [6.07, 6.45) is 1.87. The van der Waals surface area contributed by atoms with Gasteiger partial charge in [-0.3, -0.25) is 9.59 Å². The molecule has 1 heterocycles. The summed E-state index contributed by atoms with van der Waals surface area (Å²) in [6.45, 7) is 0. The first-order chi connectivity index (χ1) is 9.65. The molecule has 0 aliphatic heterocycles. The van der Waals surface area contributed by atoms with Gasteiger partial charge >= 0.3 is 0 Å². The van der Waals surface area contributed by atoms with Crippen molar-refractivity contribution in [3.05, 3.63) is 59.2 Å². The van der Waals surface area contributed by atoms with Crippen LogP contribution in [0.5, 0.6) is 0 Å². The van der Waals surface area contributed by atoms with Gasteiger partial charge in [-0.05, 0) is 36.4 Å². The molecular weight excluding hydrogens is 276 g/mol. The molecule has 2 rings (SSSR count). The minimum atomic E-state index is -0.231. The molecule has 1 aromatic carbocycles. The molecule has 4 nitrogen and oxygen atoms in total. The van der Waals surface area contributed by atoms with Crippen LogP contribution in [-0.2, 0) is 4.79 Å². The SMILES string of the molecule is O=C(CCC(=O)c1ccc(Cl)cc1)Nc1ccccn1. The quantitative estimate of drug-likeness (QED) is 0.859. The van der Waals surface area contributed by atoms with Gasteiger partial charge in [0.15, 0.2) is 5.78 Å². The van der Waals surface area contributed by atoms with Crippen LogP contribution in [-0.4, -0.2) is 16.7 Å². The fraction of sp³-hybridized carbons (Fsp3) is 0.133. The number of amides is 1. The molecule has 0 radical (unpaired) electrons. The van der Waals surface area contributed by atoms with Crippen molar-refractivity contribution in [3.63, 3.8) is 0 Å². The van der Waals surface area contributed by atoms with Gasteiger partial charge in [0.25, 0.3) is 0 Å². The minimum absolute atomic E-state index is 0.0853. The average molecular weight is 289 g/mol. The molecule has 0 spiro atoms. The molecule has 0 unspecified atom stereocenters. The first kappa shape index (κ1) is 14.2. The van der Waals surface area contributed by atoms with E-state index >= 15 is 0 Å². The molecule has 0 fully saturated rings. The van der Waals surface area contributed by atoms with Crippen molar-refractivity contribution in [1.82, 2.24) is 4.98 Å². The maximum Gasteiger partial charge on any atom is 0.225 e. The predicted molar refractivity (Wildman–Crippen MR) is 77.9 cm³/mol. The Morgan fingerprint density at radius 1 is 1.05 bits per heavy atom. The van der Waals surface area contributed by atoms with Crippen LogP contribution in [0.4, 0.5) is 5.82 Å².